The van der Waals surface area contributed by atoms with Gasteiger partial charge in [0.15, 0.2) is 5.69 Å². The van der Waals surface area contributed by atoms with Crippen LogP contribution in [0.3, 0.4) is 0 Å². The quantitative estimate of drug-likeness (QED) is 0.898. The van der Waals surface area contributed by atoms with Gasteiger partial charge in [-0.2, -0.15) is 5.10 Å². The van der Waals surface area contributed by atoms with Crippen LogP contribution >= 0.6 is 11.6 Å². The Morgan fingerprint density at radius 3 is 2.89 bits per heavy atom. The van der Waals surface area contributed by atoms with E-state index in [0.717, 1.165) is 12.1 Å². The van der Waals surface area contributed by atoms with Crippen molar-refractivity contribution in [2.75, 3.05) is 5.32 Å². The third-order valence-corrected chi connectivity index (χ3v) is 2.81. The Labute approximate surface area is 117 Å². The molecule has 1 amide bonds. The van der Waals surface area contributed by atoms with E-state index in [1.807, 2.05) is 0 Å². The number of carbonyl (C=O) groups excluding carboxylic acids is 1. The van der Waals surface area contributed by atoms with Gasteiger partial charge in [-0.25, -0.2) is 0 Å². The molecular formula is C14H16ClN3O. The zero-order valence-corrected chi connectivity index (χ0v) is 11.7. The molecule has 1 aromatic carbocycles. The molecule has 100 valence electrons. The molecule has 0 radical (unpaired) electrons. The van der Waals surface area contributed by atoms with Crippen molar-refractivity contribution in [2.45, 2.75) is 20.3 Å². The highest BCUT2D eigenvalue weighted by Crippen LogP contribution is 2.16. The number of carbonyl (C=O) groups is 1. The van der Waals surface area contributed by atoms with Crippen LogP contribution in [-0.4, -0.2) is 16.1 Å². The summed E-state index contributed by atoms with van der Waals surface area (Å²) in [5, 5.41) is 10.2. The van der Waals surface area contributed by atoms with Crippen LogP contribution in [0.5, 0.6) is 0 Å². The second-order valence-corrected chi connectivity index (χ2v) is 5.28. The van der Waals surface area contributed by atoms with Crippen LogP contribution in [0.4, 0.5) is 5.69 Å². The largest absolute Gasteiger partial charge is 0.321 e. The summed E-state index contributed by atoms with van der Waals surface area (Å²) in [6, 6.07) is 8.80. The molecule has 2 rings (SSSR count). The summed E-state index contributed by atoms with van der Waals surface area (Å²) in [6.45, 7) is 4.24. The minimum atomic E-state index is -0.242. The number of benzene rings is 1. The molecule has 5 heteroatoms. The minimum Gasteiger partial charge on any atom is -0.321 e. The van der Waals surface area contributed by atoms with Crippen molar-refractivity contribution in [1.82, 2.24) is 10.2 Å². The number of H-pyrrole nitrogens is 1. The monoisotopic (exact) mass is 277 g/mol. The molecule has 0 saturated carbocycles. The van der Waals surface area contributed by atoms with Gasteiger partial charge >= 0.3 is 0 Å². The summed E-state index contributed by atoms with van der Waals surface area (Å²) in [7, 11) is 0. The average molecular weight is 278 g/mol. The number of aromatic nitrogens is 2. The lowest BCUT2D eigenvalue weighted by atomic mass is 10.1. The van der Waals surface area contributed by atoms with Crippen molar-refractivity contribution in [3.63, 3.8) is 0 Å². The molecule has 0 saturated heterocycles. The third kappa shape index (κ3) is 3.83. The van der Waals surface area contributed by atoms with Gasteiger partial charge < -0.3 is 5.32 Å². The van der Waals surface area contributed by atoms with Crippen molar-refractivity contribution in [2.24, 2.45) is 5.92 Å². The smallest absolute Gasteiger partial charge is 0.276 e. The molecule has 4 nitrogen and oxygen atoms in total. The number of aromatic amines is 1. The van der Waals surface area contributed by atoms with Crippen LogP contribution in [0, 0.1) is 5.92 Å². The van der Waals surface area contributed by atoms with Gasteiger partial charge in [-0.05, 0) is 36.6 Å². The molecule has 0 atom stereocenters. The van der Waals surface area contributed by atoms with Crippen molar-refractivity contribution >= 4 is 23.2 Å². The Bertz CT molecular complexity index is 578. The number of nitrogens with zero attached hydrogens (tertiary/aromatic N) is 1. The maximum absolute atomic E-state index is 12.0. The summed E-state index contributed by atoms with van der Waals surface area (Å²) in [6.07, 6.45) is 0.872. The van der Waals surface area contributed by atoms with Gasteiger partial charge in [0.1, 0.15) is 0 Å². The van der Waals surface area contributed by atoms with Crippen molar-refractivity contribution in [3.05, 3.63) is 46.7 Å². The summed E-state index contributed by atoms with van der Waals surface area (Å²) in [5.74, 6) is 0.276. The number of halogens is 1. The fraction of sp³-hybridized carbons (Fsp3) is 0.286. The van der Waals surface area contributed by atoms with Crippen molar-refractivity contribution in [3.8, 4) is 0 Å². The van der Waals surface area contributed by atoms with Gasteiger partial charge in [0, 0.05) is 16.4 Å². The fourth-order valence-electron chi connectivity index (χ4n) is 1.78. The van der Waals surface area contributed by atoms with Gasteiger partial charge in [0.2, 0.25) is 0 Å². The topological polar surface area (TPSA) is 57.8 Å². The molecule has 0 unspecified atom stereocenters. The molecule has 19 heavy (non-hydrogen) atoms. The lowest BCUT2D eigenvalue weighted by Gasteiger charge is -2.02. The third-order valence-electron chi connectivity index (χ3n) is 2.57. The molecule has 2 aromatic rings. The SMILES string of the molecule is CC(C)Cc1cc(C(=O)Nc2cccc(Cl)c2)n[nH]1. The van der Waals surface area contributed by atoms with E-state index in [1.165, 1.54) is 0 Å². The predicted octanol–water partition coefficient (Wildman–Crippen LogP) is 3.51. The number of anilines is 1. The molecule has 1 heterocycles. The van der Waals surface area contributed by atoms with E-state index in [1.54, 1.807) is 30.3 Å². The molecule has 0 aliphatic carbocycles. The van der Waals surface area contributed by atoms with E-state index in [2.05, 4.69) is 29.4 Å². The molecule has 1 aromatic heterocycles. The summed E-state index contributed by atoms with van der Waals surface area (Å²) >= 11 is 5.86. The maximum atomic E-state index is 12.0. The van der Waals surface area contributed by atoms with E-state index in [0.29, 0.717) is 22.3 Å². The predicted molar refractivity (Wildman–Crippen MR) is 76.5 cm³/mol. The number of hydrogen-bond acceptors (Lipinski definition) is 2. The molecule has 0 fully saturated rings. The Morgan fingerprint density at radius 1 is 1.42 bits per heavy atom. The summed E-state index contributed by atoms with van der Waals surface area (Å²) < 4.78 is 0. The first-order chi connectivity index (χ1) is 9.04. The summed E-state index contributed by atoms with van der Waals surface area (Å²) in [5.41, 5.74) is 2.01. The molecule has 0 spiro atoms. The number of amides is 1. The zero-order valence-electron chi connectivity index (χ0n) is 10.9. The van der Waals surface area contributed by atoms with Gasteiger partial charge in [0.05, 0.1) is 0 Å². The van der Waals surface area contributed by atoms with Gasteiger partial charge in [-0.3, -0.25) is 9.89 Å². The van der Waals surface area contributed by atoms with E-state index >= 15 is 0 Å². The van der Waals surface area contributed by atoms with E-state index in [4.69, 9.17) is 11.6 Å². The highest BCUT2D eigenvalue weighted by atomic mass is 35.5. The first kappa shape index (κ1) is 13.6. The first-order valence-corrected chi connectivity index (χ1v) is 6.53. The van der Waals surface area contributed by atoms with Crippen LogP contribution in [0.1, 0.15) is 30.0 Å². The van der Waals surface area contributed by atoms with Crippen LogP contribution in [0.15, 0.2) is 30.3 Å². The van der Waals surface area contributed by atoms with Gasteiger partial charge in [0.25, 0.3) is 5.91 Å². The van der Waals surface area contributed by atoms with Crippen LogP contribution < -0.4 is 5.32 Å². The van der Waals surface area contributed by atoms with E-state index in [-0.39, 0.29) is 5.91 Å². The maximum Gasteiger partial charge on any atom is 0.276 e. The molecule has 0 aliphatic heterocycles. The van der Waals surface area contributed by atoms with Crippen LogP contribution in [0.2, 0.25) is 5.02 Å². The number of hydrogen-bond donors (Lipinski definition) is 2. The van der Waals surface area contributed by atoms with E-state index < -0.39 is 0 Å². The molecule has 0 aliphatic rings. The average Bonchev–Trinajstić information content (AvgIpc) is 2.76. The highest BCUT2D eigenvalue weighted by molar-refractivity contribution is 6.30. The summed E-state index contributed by atoms with van der Waals surface area (Å²) in [4.78, 5) is 12.0. The molecular weight excluding hydrogens is 262 g/mol. The Balaban J connectivity index is 2.05. The lowest BCUT2D eigenvalue weighted by molar-refractivity contribution is 0.102. The zero-order chi connectivity index (χ0) is 13.8. The Kier molecular flexibility index (Phi) is 4.22. The normalized spacial score (nSPS) is 10.7. The second-order valence-electron chi connectivity index (χ2n) is 4.84. The van der Waals surface area contributed by atoms with Crippen molar-refractivity contribution < 1.29 is 4.79 Å². The Morgan fingerprint density at radius 2 is 2.21 bits per heavy atom. The first-order valence-electron chi connectivity index (χ1n) is 6.16. The highest BCUT2D eigenvalue weighted by Gasteiger charge is 2.11. The molecule has 0 bridgehead atoms. The molecule has 2 N–H and O–H groups in total. The number of nitrogens with one attached hydrogen (secondary N) is 2. The standard InChI is InChI=1S/C14H16ClN3O/c1-9(2)6-12-8-13(18-17-12)14(19)16-11-5-3-4-10(15)7-11/h3-5,7-9H,6H2,1-2H3,(H,16,19)(H,17,18). The van der Waals surface area contributed by atoms with Gasteiger partial charge in [-0.15, -0.1) is 0 Å². The lowest BCUT2D eigenvalue weighted by Crippen LogP contribution is -2.12. The van der Waals surface area contributed by atoms with Gasteiger partial charge in [-0.1, -0.05) is 31.5 Å². The van der Waals surface area contributed by atoms with Crippen molar-refractivity contribution in [1.29, 1.82) is 0 Å². The van der Waals surface area contributed by atoms with E-state index in [9.17, 15) is 4.79 Å². The fourth-order valence-corrected chi connectivity index (χ4v) is 1.97. The second kappa shape index (κ2) is 5.89. The Hall–Kier alpha value is -1.81. The number of rotatable bonds is 4. The minimum absolute atomic E-state index is 0.242. The van der Waals surface area contributed by atoms with Crippen LogP contribution in [-0.2, 0) is 6.42 Å². The van der Waals surface area contributed by atoms with Crippen LogP contribution in [0.25, 0.3) is 0 Å².